The van der Waals surface area contributed by atoms with Crippen molar-refractivity contribution in [2.45, 2.75) is 33.2 Å². The molecule has 0 aliphatic carbocycles. The van der Waals surface area contributed by atoms with Gasteiger partial charge in [-0.15, -0.1) is 0 Å². The summed E-state index contributed by atoms with van der Waals surface area (Å²) in [5, 5.41) is 4.94. The van der Waals surface area contributed by atoms with Crippen LogP contribution in [-0.4, -0.2) is 24.3 Å². The number of nitrogens with one attached hydrogen (secondary N) is 1. The van der Waals surface area contributed by atoms with Crippen LogP contribution in [0.3, 0.4) is 0 Å². The zero-order valence-corrected chi connectivity index (χ0v) is 22.6. The van der Waals surface area contributed by atoms with Crippen LogP contribution in [0.15, 0.2) is 93.1 Å². The van der Waals surface area contributed by atoms with E-state index in [0.717, 1.165) is 63.1 Å². The van der Waals surface area contributed by atoms with Gasteiger partial charge in [0.25, 0.3) is 5.56 Å². The second kappa shape index (κ2) is 10.3. The Balaban J connectivity index is 1.38. The summed E-state index contributed by atoms with van der Waals surface area (Å²) in [6, 6.07) is 24.0. The van der Waals surface area contributed by atoms with Gasteiger partial charge in [-0.1, -0.05) is 66.7 Å². The smallest absolute Gasteiger partial charge is 0.351 e. The first kappa shape index (κ1) is 25.3. The van der Waals surface area contributed by atoms with Crippen molar-refractivity contribution >= 4 is 10.9 Å². The van der Waals surface area contributed by atoms with Gasteiger partial charge in [-0.2, -0.15) is 0 Å². The van der Waals surface area contributed by atoms with Crippen molar-refractivity contribution < 1.29 is 4.52 Å². The highest BCUT2D eigenvalue weighted by molar-refractivity contribution is 5.86. The van der Waals surface area contributed by atoms with Gasteiger partial charge in [-0.3, -0.25) is 18.9 Å². The average Bonchev–Trinajstić information content (AvgIpc) is 3.56. The molecule has 0 spiro atoms. The number of rotatable bonds is 7. The lowest BCUT2D eigenvalue weighted by molar-refractivity contribution is 0.388. The number of aromatic nitrogens is 5. The van der Waals surface area contributed by atoms with E-state index in [1.54, 1.807) is 0 Å². The molecule has 0 aliphatic heterocycles. The fraction of sp³-hybridized carbons (Fsp3) is 0.188. The maximum Gasteiger partial charge on any atom is 0.439 e. The summed E-state index contributed by atoms with van der Waals surface area (Å²) in [7, 11) is 2.01. The fourth-order valence-corrected chi connectivity index (χ4v) is 5.32. The van der Waals surface area contributed by atoms with Crippen molar-refractivity contribution in [2.24, 2.45) is 7.05 Å². The van der Waals surface area contributed by atoms with E-state index in [1.165, 1.54) is 0 Å². The van der Waals surface area contributed by atoms with E-state index in [0.29, 0.717) is 17.9 Å². The Hall–Kier alpha value is -4.98. The number of H-pyrrole nitrogens is 1. The topological polar surface area (TPSA) is 98.7 Å². The Kier molecular flexibility index (Phi) is 6.51. The molecule has 0 amide bonds. The van der Waals surface area contributed by atoms with Gasteiger partial charge in [0.15, 0.2) is 5.82 Å². The Morgan fingerprint density at radius 3 is 2.40 bits per heavy atom. The molecule has 3 aromatic heterocycles. The van der Waals surface area contributed by atoms with Crippen LogP contribution in [0.4, 0.5) is 0 Å². The molecule has 8 heteroatoms. The minimum Gasteiger partial charge on any atom is -0.351 e. The minimum atomic E-state index is -0.594. The van der Waals surface area contributed by atoms with Crippen molar-refractivity contribution in [3.05, 3.63) is 117 Å². The Morgan fingerprint density at radius 2 is 1.68 bits per heavy atom. The molecule has 6 aromatic rings. The average molecular weight is 532 g/mol. The van der Waals surface area contributed by atoms with Crippen LogP contribution in [0.5, 0.6) is 0 Å². The Bertz CT molecular complexity index is 1960. The van der Waals surface area contributed by atoms with E-state index >= 15 is 0 Å². The molecular formula is C32H29N5O3. The molecule has 0 bridgehead atoms. The van der Waals surface area contributed by atoms with Gasteiger partial charge in [-0.05, 0) is 53.8 Å². The molecule has 0 saturated carbocycles. The van der Waals surface area contributed by atoms with Gasteiger partial charge in [0, 0.05) is 36.1 Å². The lowest BCUT2D eigenvalue weighted by atomic mass is 9.98. The number of nitrogens with zero attached hydrogens (tertiary/aromatic N) is 4. The minimum absolute atomic E-state index is 0.0318. The zero-order valence-electron chi connectivity index (χ0n) is 22.6. The molecule has 1 N–H and O–H groups in total. The maximum atomic E-state index is 14.0. The molecule has 0 fully saturated rings. The van der Waals surface area contributed by atoms with E-state index in [4.69, 9.17) is 9.51 Å². The van der Waals surface area contributed by atoms with Crippen LogP contribution in [-0.2, 0) is 20.0 Å². The largest absolute Gasteiger partial charge is 0.439 e. The maximum absolute atomic E-state index is 14.0. The third-order valence-electron chi connectivity index (χ3n) is 7.30. The quantitative estimate of drug-likeness (QED) is 0.284. The number of aryl methyl sites for hydroxylation is 3. The second-order valence-electron chi connectivity index (χ2n) is 10.0. The van der Waals surface area contributed by atoms with E-state index in [2.05, 4.69) is 39.8 Å². The van der Waals surface area contributed by atoms with Crippen molar-refractivity contribution in [3.63, 3.8) is 0 Å². The first-order valence-corrected chi connectivity index (χ1v) is 13.3. The fourth-order valence-electron chi connectivity index (χ4n) is 5.32. The van der Waals surface area contributed by atoms with Crippen LogP contribution >= 0.6 is 0 Å². The molecule has 6 rings (SSSR count). The van der Waals surface area contributed by atoms with Crippen LogP contribution in [0.2, 0.25) is 0 Å². The lowest BCUT2D eigenvalue weighted by Crippen LogP contribution is -2.28. The molecule has 0 radical (unpaired) electrons. The van der Waals surface area contributed by atoms with E-state index < -0.39 is 5.76 Å². The van der Waals surface area contributed by atoms with E-state index in [1.807, 2.05) is 79.3 Å². The van der Waals surface area contributed by atoms with Gasteiger partial charge in [0.2, 0.25) is 0 Å². The summed E-state index contributed by atoms with van der Waals surface area (Å²) < 4.78 is 8.59. The Morgan fingerprint density at radius 1 is 0.925 bits per heavy atom. The highest BCUT2D eigenvalue weighted by Gasteiger charge is 2.17. The SMILES string of the molecule is CCCc1nc(C)c(-c2ccc3c(ccn3C)c2)c(=O)n1Cc1ccc(-c2ccccc2-c2noc(=O)[nH]2)cc1. The van der Waals surface area contributed by atoms with E-state index in [-0.39, 0.29) is 5.56 Å². The van der Waals surface area contributed by atoms with Gasteiger partial charge >= 0.3 is 5.76 Å². The number of benzene rings is 3. The predicted molar refractivity (Wildman–Crippen MR) is 156 cm³/mol. The monoisotopic (exact) mass is 531 g/mol. The molecule has 0 atom stereocenters. The van der Waals surface area contributed by atoms with Gasteiger partial charge in [0.1, 0.15) is 5.82 Å². The molecule has 0 saturated heterocycles. The first-order chi connectivity index (χ1) is 19.4. The zero-order chi connectivity index (χ0) is 27.8. The lowest BCUT2D eigenvalue weighted by Gasteiger charge is -2.16. The van der Waals surface area contributed by atoms with Crippen LogP contribution in [0.1, 0.15) is 30.4 Å². The summed E-state index contributed by atoms with van der Waals surface area (Å²) >= 11 is 0. The Labute approximate surface area is 230 Å². The summed E-state index contributed by atoms with van der Waals surface area (Å²) in [5.41, 5.74) is 6.99. The molecule has 40 heavy (non-hydrogen) atoms. The van der Waals surface area contributed by atoms with Gasteiger partial charge in [0.05, 0.1) is 17.8 Å². The third kappa shape index (κ3) is 4.58. The number of aromatic amines is 1. The molecule has 8 nitrogen and oxygen atoms in total. The number of fused-ring (bicyclic) bond motifs is 1. The summed E-state index contributed by atoms with van der Waals surface area (Å²) in [6.45, 7) is 4.43. The standard InChI is InChI=1S/C32H29N5O3/c1-4-7-28-33-20(2)29(24-14-15-27-23(18-24)16-17-36(27)3)31(38)37(28)19-21-10-12-22(13-11-21)25-8-5-6-9-26(25)30-34-32(39)40-35-30/h5-6,8-18H,4,7,19H2,1-3H3,(H,34,35,39). The van der Waals surface area contributed by atoms with Crippen molar-refractivity contribution in [2.75, 3.05) is 0 Å². The summed E-state index contributed by atoms with van der Waals surface area (Å²) in [4.78, 5) is 33.0. The number of hydrogen-bond acceptors (Lipinski definition) is 5. The third-order valence-corrected chi connectivity index (χ3v) is 7.30. The predicted octanol–water partition coefficient (Wildman–Crippen LogP) is 5.72. The molecule has 3 aromatic carbocycles. The van der Waals surface area contributed by atoms with Crippen molar-refractivity contribution in [3.8, 4) is 33.6 Å². The summed E-state index contributed by atoms with van der Waals surface area (Å²) in [5.74, 6) is 0.578. The van der Waals surface area contributed by atoms with Crippen molar-refractivity contribution in [1.29, 1.82) is 0 Å². The van der Waals surface area contributed by atoms with Crippen molar-refractivity contribution in [1.82, 2.24) is 24.3 Å². The van der Waals surface area contributed by atoms with Crippen LogP contribution in [0.25, 0.3) is 44.5 Å². The van der Waals surface area contributed by atoms with Gasteiger partial charge < -0.3 is 4.57 Å². The molecule has 0 aliphatic rings. The molecule has 3 heterocycles. The van der Waals surface area contributed by atoms with Gasteiger partial charge in [-0.25, -0.2) is 9.78 Å². The van der Waals surface area contributed by atoms with Crippen LogP contribution in [0, 0.1) is 6.92 Å². The second-order valence-corrected chi connectivity index (χ2v) is 10.0. The number of hydrogen-bond donors (Lipinski definition) is 1. The molecule has 200 valence electrons. The van der Waals surface area contributed by atoms with E-state index in [9.17, 15) is 9.59 Å². The first-order valence-electron chi connectivity index (χ1n) is 13.3. The highest BCUT2D eigenvalue weighted by atomic mass is 16.5. The van der Waals surface area contributed by atoms with Crippen LogP contribution < -0.4 is 11.3 Å². The summed E-state index contributed by atoms with van der Waals surface area (Å²) in [6.07, 6.45) is 3.63. The molecular weight excluding hydrogens is 502 g/mol. The normalized spacial score (nSPS) is 11.4. The highest BCUT2D eigenvalue weighted by Crippen LogP contribution is 2.30. The molecule has 0 unspecified atom stereocenters.